The molecule has 0 aliphatic carbocycles. The maximum absolute atomic E-state index is 12.9. The summed E-state index contributed by atoms with van der Waals surface area (Å²) in [6.45, 7) is 9.50. The highest BCUT2D eigenvalue weighted by atomic mass is 16.6. The van der Waals surface area contributed by atoms with E-state index in [2.05, 4.69) is 64.8 Å². The average molecular weight is 410 g/mol. The van der Waals surface area contributed by atoms with E-state index in [4.69, 9.17) is 4.74 Å². The van der Waals surface area contributed by atoms with Gasteiger partial charge in [-0.3, -0.25) is 4.90 Å². The van der Waals surface area contributed by atoms with E-state index in [9.17, 15) is 4.79 Å². The van der Waals surface area contributed by atoms with Gasteiger partial charge in [0, 0.05) is 32.7 Å². The second kappa shape index (κ2) is 9.63. The lowest BCUT2D eigenvalue weighted by atomic mass is 9.85. The Kier molecular flexibility index (Phi) is 7.16. The molecule has 5 nitrogen and oxygen atoms in total. The van der Waals surface area contributed by atoms with Gasteiger partial charge in [-0.15, -0.1) is 0 Å². The first kappa shape index (κ1) is 22.3. The molecule has 30 heavy (non-hydrogen) atoms. The van der Waals surface area contributed by atoms with Crippen molar-refractivity contribution in [2.75, 3.05) is 33.2 Å². The highest BCUT2D eigenvalue weighted by molar-refractivity contribution is 5.68. The van der Waals surface area contributed by atoms with Crippen LogP contribution in [0, 0.1) is 0 Å². The largest absolute Gasteiger partial charge is 0.444 e. The van der Waals surface area contributed by atoms with Crippen molar-refractivity contribution in [3.8, 4) is 0 Å². The minimum atomic E-state index is -0.497. The summed E-state index contributed by atoms with van der Waals surface area (Å²) < 4.78 is 5.70. The van der Waals surface area contributed by atoms with E-state index < -0.39 is 5.60 Å². The zero-order chi connectivity index (χ0) is 21.6. The van der Waals surface area contributed by atoms with E-state index in [0.29, 0.717) is 13.1 Å². The first-order valence-electron chi connectivity index (χ1n) is 10.8. The van der Waals surface area contributed by atoms with Gasteiger partial charge >= 0.3 is 6.09 Å². The molecule has 1 aliphatic rings. The minimum absolute atomic E-state index is 0.221. The third kappa shape index (κ3) is 5.83. The van der Waals surface area contributed by atoms with Crippen molar-refractivity contribution in [3.05, 3.63) is 71.8 Å². The number of nitrogens with one attached hydrogen (secondary N) is 1. The maximum atomic E-state index is 12.9. The van der Waals surface area contributed by atoms with Gasteiger partial charge in [0.25, 0.3) is 0 Å². The van der Waals surface area contributed by atoms with Crippen molar-refractivity contribution in [3.63, 3.8) is 0 Å². The van der Waals surface area contributed by atoms with Crippen LogP contribution < -0.4 is 5.32 Å². The van der Waals surface area contributed by atoms with E-state index in [1.54, 1.807) is 0 Å². The molecular weight excluding hydrogens is 374 g/mol. The molecule has 1 unspecified atom stereocenters. The Morgan fingerprint density at radius 3 is 2.17 bits per heavy atom. The molecule has 2 aromatic rings. The lowest BCUT2D eigenvalue weighted by Crippen LogP contribution is -2.67. The van der Waals surface area contributed by atoms with Gasteiger partial charge in [0.15, 0.2) is 0 Å². The molecule has 1 amide bonds. The van der Waals surface area contributed by atoms with Crippen LogP contribution in [0.15, 0.2) is 60.7 Å². The first-order chi connectivity index (χ1) is 14.3. The Balaban J connectivity index is 1.90. The van der Waals surface area contributed by atoms with Crippen molar-refractivity contribution in [2.45, 2.75) is 44.9 Å². The summed E-state index contributed by atoms with van der Waals surface area (Å²) in [4.78, 5) is 17.3. The number of benzene rings is 2. The molecule has 0 bridgehead atoms. The number of hydrogen-bond acceptors (Lipinski definition) is 4. The van der Waals surface area contributed by atoms with Crippen LogP contribution in [0.25, 0.3) is 0 Å². The monoisotopic (exact) mass is 409 g/mol. The third-order valence-electron chi connectivity index (χ3n) is 5.55. The zero-order valence-electron chi connectivity index (χ0n) is 18.7. The van der Waals surface area contributed by atoms with E-state index in [0.717, 1.165) is 26.1 Å². The molecule has 0 saturated carbocycles. The number of nitrogens with zero attached hydrogens (tertiary/aromatic N) is 2. The Morgan fingerprint density at radius 1 is 1.00 bits per heavy atom. The van der Waals surface area contributed by atoms with Gasteiger partial charge < -0.3 is 15.0 Å². The predicted octanol–water partition coefficient (Wildman–Crippen LogP) is 3.94. The number of amides is 1. The van der Waals surface area contributed by atoms with E-state index in [1.165, 1.54) is 11.1 Å². The van der Waals surface area contributed by atoms with Gasteiger partial charge in [0.05, 0.1) is 5.54 Å². The smallest absolute Gasteiger partial charge is 0.410 e. The quantitative estimate of drug-likeness (QED) is 0.785. The van der Waals surface area contributed by atoms with Crippen LogP contribution in [0.4, 0.5) is 4.79 Å². The molecule has 0 spiro atoms. The lowest BCUT2D eigenvalue weighted by molar-refractivity contribution is -0.0292. The first-order valence-corrected chi connectivity index (χ1v) is 10.8. The SMILES string of the molecule is CNCC1(Cc2ccccc2)CN(C(=O)OC(C)(C)C)CCN1Cc1ccccc1. The Labute approximate surface area is 181 Å². The number of piperazine rings is 1. The molecule has 0 radical (unpaired) electrons. The van der Waals surface area contributed by atoms with Crippen LogP contribution >= 0.6 is 0 Å². The number of carbonyl (C=O) groups excluding carboxylic acids is 1. The normalized spacial score (nSPS) is 20.2. The second-order valence-electron chi connectivity index (χ2n) is 9.23. The van der Waals surface area contributed by atoms with Crippen LogP contribution in [0.3, 0.4) is 0 Å². The average Bonchev–Trinajstić information content (AvgIpc) is 2.70. The minimum Gasteiger partial charge on any atom is -0.444 e. The summed E-state index contributed by atoms with van der Waals surface area (Å²) >= 11 is 0. The number of carbonyl (C=O) groups is 1. The molecule has 1 saturated heterocycles. The van der Waals surface area contributed by atoms with Gasteiger partial charge in [-0.2, -0.15) is 0 Å². The molecule has 0 aromatic heterocycles. The molecule has 3 rings (SSSR count). The fraction of sp³-hybridized carbons (Fsp3) is 0.480. The summed E-state index contributed by atoms with van der Waals surface area (Å²) in [7, 11) is 1.99. The van der Waals surface area contributed by atoms with Gasteiger partial charge in [-0.05, 0) is 45.4 Å². The van der Waals surface area contributed by atoms with E-state index in [1.807, 2.05) is 38.8 Å². The summed E-state index contributed by atoms with van der Waals surface area (Å²) in [5, 5.41) is 3.40. The zero-order valence-corrected chi connectivity index (χ0v) is 18.7. The van der Waals surface area contributed by atoms with Crippen LogP contribution in [0.2, 0.25) is 0 Å². The molecule has 2 aromatic carbocycles. The molecule has 5 heteroatoms. The fourth-order valence-corrected chi connectivity index (χ4v) is 4.25. The van der Waals surface area contributed by atoms with E-state index in [-0.39, 0.29) is 11.6 Å². The van der Waals surface area contributed by atoms with Gasteiger partial charge in [-0.25, -0.2) is 4.79 Å². The molecular formula is C25H35N3O2. The van der Waals surface area contributed by atoms with Crippen molar-refractivity contribution >= 4 is 6.09 Å². The summed E-state index contributed by atoms with van der Waals surface area (Å²) in [5.41, 5.74) is 1.85. The Bertz CT molecular complexity index is 804. The third-order valence-corrected chi connectivity index (χ3v) is 5.55. The topological polar surface area (TPSA) is 44.8 Å². The molecule has 1 aliphatic heterocycles. The second-order valence-corrected chi connectivity index (χ2v) is 9.23. The summed E-state index contributed by atoms with van der Waals surface area (Å²) in [6, 6.07) is 21.1. The van der Waals surface area contributed by atoms with Gasteiger partial charge in [0.2, 0.25) is 0 Å². The van der Waals surface area contributed by atoms with Crippen LogP contribution in [-0.4, -0.2) is 60.3 Å². The van der Waals surface area contributed by atoms with Crippen molar-refractivity contribution in [1.29, 1.82) is 0 Å². The fourth-order valence-electron chi connectivity index (χ4n) is 4.25. The van der Waals surface area contributed by atoms with Gasteiger partial charge in [-0.1, -0.05) is 60.7 Å². The highest BCUT2D eigenvalue weighted by Gasteiger charge is 2.43. The lowest BCUT2D eigenvalue weighted by Gasteiger charge is -2.51. The van der Waals surface area contributed by atoms with E-state index >= 15 is 0 Å². The van der Waals surface area contributed by atoms with Crippen LogP contribution in [-0.2, 0) is 17.7 Å². The Hall–Kier alpha value is -2.37. The number of rotatable bonds is 6. The molecule has 1 heterocycles. The molecule has 1 fully saturated rings. The van der Waals surface area contributed by atoms with Gasteiger partial charge in [0.1, 0.15) is 5.60 Å². The number of likely N-dealkylation sites (N-methyl/N-ethyl adjacent to an activating group) is 1. The molecule has 1 N–H and O–H groups in total. The Morgan fingerprint density at radius 2 is 1.60 bits per heavy atom. The maximum Gasteiger partial charge on any atom is 0.410 e. The highest BCUT2D eigenvalue weighted by Crippen LogP contribution is 2.29. The van der Waals surface area contributed by atoms with Crippen LogP contribution in [0.1, 0.15) is 31.9 Å². The number of hydrogen-bond donors (Lipinski definition) is 1. The predicted molar refractivity (Wildman–Crippen MR) is 121 cm³/mol. The molecule has 1 atom stereocenters. The van der Waals surface area contributed by atoms with Crippen molar-refractivity contribution in [1.82, 2.24) is 15.1 Å². The summed E-state index contributed by atoms with van der Waals surface area (Å²) in [5.74, 6) is 0. The van der Waals surface area contributed by atoms with Crippen LogP contribution in [0.5, 0.6) is 0 Å². The van der Waals surface area contributed by atoms with Crippen molar-refractivity contribution in [2.24, 2.45) is 0 Å². The van der Waals surface area contributed by atoms with Crippen molar-refractivity contribution < 1.29 is 9.53 Å². The standard InChI is InChI=1S/C25H35N3O2/c1-24(2,3)30-23(29)27-15-16-28(18-22-13-9-6-10-14-22)25(20-27,19-26-4)17-21-11-7-5-8-12-21/h5-14,26H,15-20H2,1-4H3. The number of ether oxygens (including phenoxy) is 1. The molecule has 162 valence electrons. The summed E-state index contributed by atoms with van der Waals surface area (Å²) in [6.07, 6.45) is 0.635.